The second-order valence-corrected chi connectivity index (χ2v) is 16.2. The van der Waals surface area contributed by atoms with E-state index >= 15 is 0 Å². The molecule has 0 N–H and O–H groups in total. The first kappa shape index (κ1) is 30.9. The maximum Gasteiger partial charge on any atom is 0.252 e. The quantitative estimate of drug-likeness (QED) is 0.171. The molecule has 0 spiro atoms. The van der Waals surface area contributed by atoms with Crippen molar-refractivity contribution in [1.29, 1.82) is 0 Å². The minimum atomic E-state index is 0.0218. The van der Waals surface area contributed by atoms with Gasteiger partial charge in [0.15, 0.2) is 0 Å². The van der Waals surface area contributed by atoms with E-state index in [2.05, 4.69) is 187 Å². The molecule has 0 bridgehead atoms. The van der Waals surface area contributed by atoms with Crippen molar-refractivity contribution in [2.75, 3.05) is 14.7 Å². The molecule has 7 aromatic rings. The Bertz CT molecular complexity index is 2600. The van der Waals surface area contributed by atoms with Gasteiger partial charge < -0.3 is 14.7 Å². The predicted octanol–water partition coefficient (Wildman–Crippen LogP) is 11.0. The topological polar surface area (TPSA) is 9.72 Å². The Kier molecular flexibility index (Phi) is 6.48. The maximum absolute atomic E-state index is 2.82. The summed E-state index contributed by atoms with van der Waals surface area (Å²) in [5.74, 6) is 0. The van der Waals surface area contributed by atoms with Crippen LogP contribution in [0.4, 0.5) is 45.5 Å². The van der Waals surface area contributed by atoms with Crippen LogP contribution in [-0.2, 0) is 5.41 Å². The molecule has 256 valence electrons. The fourth-order valence-electron chi connectivity index (χ4n) is 10.7. The van der Waals surface area contributed by atoms with E-state index < -0.39 is 0 Å². The van der Waals surface area contributed by atoms with Gasteiger partial charge in [0.2, 0.25) is 0 Å². The first-order valence-corrected chi connectivity index (χ1v) is 19.4. The van der Waals surface area contributed by atoms with Gasteiger partial charge in [-0.3, -0.25) is 0 Å². The number of rotatable bonds is 4. The van der Waals surface area contributed by atoms with Crippen LogP contribution in [0.2, 0.25) is 0 Å². The Morgan fingerprint density at radius 3 is 2.09 bits per heavy atom. The van der Waals surface area contributed by atoms with Crippen molar-refractivity contribution in [2.45, 2.75) is 57.4 Å². The van der Waals surface area contributed by atoms with Gasteiger partial charge >= 0.3 is 0 Å². The molecule has 0 amide bonds. The molecule has 3 aliphatic heterocycles. The lowest BCUT2D eigenvalue weighted by Gasteiger charge is -2.52. The molecular formula is C49H42BN3. The van der Waals surface area contributed by atoms with Crippen molar-refractivity contribution in [3.8, 4) is 0 Å². The number of nitrogens with zero attached hydrogens (tertiary/aromatic N) is 3. The second-order valence-electron chi connectivity index (χ2n) is 16.2. The molecule has 1 saturated carbocycles. The van der Waals surface area contributed by atoms with Crippen LogP contribution in [0.15, 0.2) is 152 Å². The summed E-state index contributed by atoms with van der Waals surface area (Å²) >= 11 is 0. The molecule has 0 aromatic heterocycles. The molecule has 0 radical (unpaired) electrons. The van der Waals surface area contributed by atoms with Crippen LogP contribution < -0.4 is 31.1 Å². The van der Waals surface area contributed by atoms with Crippen molar-refractivity contribution >= 4 is 79.4 Å². The van der Waals surface area contributed by atoms with Crippen molar-refractivity contribution < 1.29 is 0 Å². The first-order valence-electron chi connectivity index (χ1n) is 19.4. The second kappa shape index (κ2) is 11.1. The zero-order chi connectivity index (χ0) is 35.5. The van der Waals surface area contributed by atoms with E-state index in [-0.39, 0.29) is 17.7 Å². The van der Waals surface area contributed by atoms with E-state index in [0.29, 0.717) is 0 Å². The highest BCUT2D eigenvalue weighted by molar-refractivity contribution is 7.00. The van der Waals surface area contributed by atoms with Gasteiger partial charge in [-0.1, -0.05) is 111 Å². The molecule has 7 aromatic carbocycles. The first-order chi connectivity index (χ1) is 25.9. The van der Waals surface area contributed by atoms with Gasteiger partial charge in [-0.25, -0.2) is 0 Å². The lowest BCUT2D eigenvalue weighted by Crippen LogP contribution is -2.64. The monoisotopic (exact) mass is 683 g/mol. The van der Waals surface area contributed by atoms with E-state index in [1.54, 1.807) is 5.56 Å². The van der Waals surface area contributed by atoms with E-state index in [1.165, 1.54) is 86.8 Å². The smallest absolute Gasteiger partial charge is 0.252 e. The number of para-hydroxylation sites is 3. The number of benzene rings is 7. The lowest BCUT2D eigenvalue weighted by molar-refractivity contribution is 0.195. The van der Waals surface area contributed by atoms with E-state index in [0.717, 1.165) is 17.1 Å². The van der Waals surface area contributed by atoms with Crippen LogP contribution in [-0.4, -0.2) is 12.3 Å². The van der Waals surface area contributed by atoms with Crippen molar-refractivity contribution in [3.63, 3.8) is 0 Å². The minimum absolute atomic E-state index is 0.0218. The van der Waals surface area contributed by atoms with Crippen LogP contribution >= 0.6 is 0 Å². The summed E-state index contributed by atoms with van der Waals surface area (Å²) in [4.78, 5) is 7.79. The highest BCUT2D eigenvalue weighted by atomic mass is 15.3. The third-order valence-electron chi connectivity index (χ3n) is 13.4. The van der Waals surface area contributed by atoms with Gasteiger partial charge in [0, 0.05) is 50.9 Å². The van der Waals surface area contributed by atoms with Crippen LogP contribution in [0.25, 0.3) is 10.8 Å². The van der Waals surface area contributed by atoms with Crippen LogP contribution in [0.1, 0.15) is 50.7 Å². The fraction of sp³-hybridized carbons (Fsp3) is 0.184. The molecule has 2 unspecified atom stereocenters. The molecule has 4 heteroatoms. The summed E-state index contributed by atoms with van der Waals surface area (Å²) in [7, 11) is 0. The van der Waals surface area contributed by atoms with Gasteiger partial charge in [0.05, 0.1) is 5.54 Å². The van der Waals surface area contributed by atoms with Crippen molar-refractivity contribution in [1.82, 2.24) is 0 Å². The van der Waals surface area contributed by atoms with Gasteiger partial charge in [-0.2, -0.15) is 0 Å². The highest BCUT2D eigenvalue weighted by Crippen LogP contribution is 2.61. The number of hydrogen-bond donors (Lipinski definition) is 0. The van der Waals surface area contributed by atoms with Crippen LogP contribution in [0.5, 0.6) is 0 Å². The van der Waals surface area contributed by atoms with Gasteiger partial charge in [-0.05, 0) is 126 Å². The molecular weight excluding hydrogens is 641 g/mol. The molecule has 3 nitrogen and oxygen atoms in total. The Hall–Kier alpha value is -5.74. The third kappa shape index (κ3) is 4.18. The Balaban J connectivity index is 1.19. The van der Waals surface area contributed by atoms with Crippen LogP contribution in [0, 0.1) is 6.92 Å². The number of anilines is 8. The zero-order valence-electron chi connectivity index (χ0n) is 30.7. The van der Waals surface area contributed by atoms with E-state index in [4.69, 9.17) is 0 Å². The van der Waals surface area contributed by atoms with Gasteiger partial charge in [0.1, 0.15) is 0 Å². The maximum atomic E-state index is 2.82. The molecule has 3 heterocycles. The number of aryl methyl sites for hydroxylation is 1. The Labute approximate surface area is 313 Å². The SMILES string of the molecule is Cc1cc2c3c(c1)N1c4c(cccc4C4(C)CCCCC14C)B3c1ccc(N(c3ccccc3)c3ccc4ccccc4c3)cc1N2c1ccccc1. The molecule has 11 rings (SSSR count). The Morgan fingerprint density at radius 1 is 0.566 bits per heavy atom. The number of fused-ring (bicyclic) bond motifs is 8. The predicted molar refractivity (Wildman–Crippen MR) is 226 cm³/mol. The number of hydrogen-bond acceptors (Lipinski definition) is 3. The molecule has 53 heavy (non-hydrogen) atoms. The summed E-state index contributed by atoms with van der Waals surface area (Å²) in [6, 6.07) is 56.8. The van der Waals surface area contributed by atoms with Crippen LogP contribution in [0.3, 0.4) is 0 Å². The highest BCUT2D eigenvalue weighted by Gasteiger charge is 2.61. The molecule has 2 atom stereocenters. The standard InChI is InChI=1S/C49H42BN3/c1-33-29-44-46-45(30-33)53-47-40(48(2)27-12-13-28-49(48,53)3)21-14-22-42(47)50(46)41-26-25-39(32-43(41)52(44)37-19-8-5-9-20-37)51(36-17-6-4-7-18-36)38-24-23-34-15-10-11-16-35(34)31-38/h4-11,14-26,29-32H,12-13,27-28H2,1-3H3. The van der Waals surface area contributed by atoms with E-state index in [1.807, 2.05) is 0 Å². The third-order valence-corrected chi connectivity index (χ3v) is 13.4. The average molecular weight is 684 g/mol. The van der Waals surface area contributed by atoms with E-state index in [9.17, 15) is 0 Å². The van der Waals surface area contributed by atoms with Gasteiger partial charge in [0.25, 0.3) is 6.71 Å². The lowest BCUT2D eigenvalue weighted by atomic mass is 9.33. The summed E-state index contributed by atoms with van der Waals surface area (Å²) < 4.78 is 0. The molecule has 0 saturated heterocycles. The summed E-state index contributed by atoms with van der Waals surface area (Å²) in [6.45, 7) is 7.55. The summed E-state index contributed by atoms with van der Waals surface area (Å²) in [5, 5.41) is 2.48. The Morgan fingerprint density at radius 2 is 1.26 bits per heavy atom. The zero-order valence-corrected chi connectivity index (χ0v) is 30.7. The molecule has 1 fully saturated rings. The van der Waals surface area contributed by atoms with Crippen molar-refractivity contribution in [2.24, 2.45) is 0 Å². The summed E-state index contributed by atoms with van der Waals surface area (Å²) in [6.07, 6.45) is 5.01. The minimum Gasteiger partial charge on any atom is -0.335 e. The fourth-order valence-corrected chi connectivity index (χ4v) is 10.7. The average Bonchev–Trinajstić information content (AvgIpc) is 3.41. The van der Waals surface area contributed by atoms with Crippen molar-refractivity contribution in [3.05, 3.63) is 163 Å². The van der Waals surface area contributed by atoms with Gasteiger partial charge in [-0.15, -0.1) is 0 Å². The molecule has 1 aliphatic carbocycles. The molecule has 4 aliphatic rings. The largest absolute Gasteiger partial charge is 0.335 e. The normalized spacial score (nSPS) is 20.5. The summed E-state index contributed by atoms with van der Waals surface area (Å²) in [5.41, 5.74) is 17.2.